The van der Waals surface area contributed by atoms with Gasteiger partial charge >= 0.3 is 6.61 Å². The average molecular weight is 441 g/mol. The minimum absolute atomic E-state index is 0.212. The van der Waals surface area contributed by atoms with Gasteiger partial charge in [-0.25, -0.2) is 14.6 Å². The van der Waals surface area contributed by atoms with Gasteiger partial charge in [-0.05, 0) is 24.3 Å². The second-order valence-electron chi connectivity index (χ2n) is 7.67. The van der Waals surface area contributed by atoms with Gasteiger partial charge in [0.1, 0.15) is 11.3 Å². The van der Waals surface area contributed by atoms with E-state index in [4.69, 9.17) is 4.74 Å². The van der Waals surface area contributed by atoms with Crippen molar-refractivity contribution in [2.45, 2.75) is 32.1 Å². The quantitative estimate of drug-likeness (QED) is 0.404. The van der Waals surface area contributed by atoms with Gasteiger partial charge in [-0.15, -0.1) is 5.10 Å². The van der Waals surface area contributed by atoms with Crippen LogP contribution in [-0.2, 0) is 11.3 Å². The van der Waals surface area contributed by atoms with Gasteiger partial charge in [0.2, 0.25) is 5.88 Å². The molecule has 166 valence electrons. The van der Waals surface area contributed by atoms with Gasteiger partial charge in [0.05, 0.1) is 25.0 Å². The molecule has 1 fully saturated rings. The summed E-state index contributed by atoms with van der Waals surface area (Å²) in [5.74, 6) is 1.07. The molecule has 0 aliphatic heterocycles. The lowest BCUT2D eigenvalue weighted by Crippen LogP contribution is -2.30. The highest BCUT2D eigenvalue weighted by Gasteiger charge is 2.32. The number of aromatic amines is 1. The lowest BCUT2D eigenvalue weighted by Gasteiger charge is -2.35. The van der Waals surface area contributed by atoms with Crippen molar-refractivity contribution in [2.75, 3.05) is 11.9 Å². The van der Waals surface area contributed by atoms with Crippen molar-refractivity contribution in [3.63, 3.8) is 0 Å². The zero-order valence-electron chi connectivity index (χ0n) is 17.0. The number of ether oxygens (including phenoxy) is 2. The number of hydrogen-bond donors (Lipinski definition) is 2. The zero-order valence-corrected chi connectivity index (χ0v) is 17.0. The van der Waals surface area contributed by atoms with E-state index >= 15 is 0 Å². The molecule has 32 heavy (non-hydrogen) atoms. The van der Waals surface area contributed by atoms with Gasteiger partial charge in [-0.3, -0.25) is 5.10 Å². The van der Waals surface area contributed by atoms with Crippen LogP contribution in [0.2, 0.25) is 0 Å². The highest BCUT2D eigenvalue weighted by Crippen LogP contribution is 2.39. The zero-order chi connectivity index (χ0) is 21.9. The molecule has 0 bridgehead atoms. The molecule has 1 aliphatic rings. The fourth-order valence-corrected chi connectivity index (χ4v) is 3.76. The van der Waals surface area contributed by atoms with Crippen molar-refractivity contribution < 1.29 is 18.3 Å². The van der Waals surface area contributed by atoms with Crippen LogP contribution in [0.15, 0.2) is 48.8 Å². The van der Waals surface area contributed by atoms with Crippen molar-refractivity contribution >= 4 is 22.8 Å². The summed E-state index contributed by atoms with van der Waals surface area (Å²) in [7, 11) is 0. The first-order valence-corrected chi connectivity index (χ1v) is 10.2. The van der Waals surface area contributed by atoms with Gasteiger partial charge in [-0.1, -0.05) is 30.3 Å². The van der Waals surface area contributed by atoms with Crippen LogP contribution in [0.1, 0.15) is 24.4 Å². The van der Waals surface area contributed by atoms with Crippen LogP contribution in [-0.4, -0.2) is 43.2 Å². The smallest absolute Gasteiger partial charge is 0.388 e. The van der Waals surface area contributed by atoms with E-state index in [0.717, 1.165) is 12.8 Å². The largest absolute Gasteiger partial charge is 0.415 e. The normalized spacial score (nSPS) is 18.1. The molecule has 1 aromatic carbocycles. The third-order valence-electron chi connectivity index (χ3n) is 5.35. The number of hydrogen-bond acceptors (Lipinski definition) is 7. The molecule has 9 nitrogen and oxygen atoms in total. The number of nitrogens with zero attached hydrogens (tertiary/aromatic N) is 5. The number of halogens is 2. The SMILES string of the molecule is FC(F)Oc1cc(Nc2cnc3cnn(C4CC(COCc5ccccc5)C4)c3n2)[nH]n1. The van der Waals surface area contributed by atoms with E-state index in [-0.39, 0.29) is 11.9 Å². The molecule has 0 amide bonds. The van der Waals surface area contributed by atoms with Crippen molar-refractivity contribution in [3.8, 4) is 5.88 Å². The number of H-pyrrole nitrogens is 1. The third kappa shape index (κ3) is 4.52. The Kier molecular flexibility index (Phi) is 5.63. The molecule has 0 unspecified atom stereocenters. The minimum Gasteiger partial charge on any atom is -0.415 e. The van der Waals surface area contributed by atoms with Crippen LogP contribution in [0.3, 0.4) is 0 Å². The molecular weight excluding hydrogens is 420 g/mol. The van der Waals surface area contributed by atoms with Crippen molar-refractivity contribution in [3.05, 3.63) is 54.4 Å². The number of fused-ring (bicyclic) bond motifs is 1. The van der Waals surface area contributed by atoms with Gasteiger partial charge in [0.25, 0.3) is 0 Å². The summed E-state index contributed by atoms with van der Waals surface area (Å²) in [5.41, 5.74) is 2.51. The van der Waals surface area contributed by atoms with E-state index in [2.05, 4.69) is 47.5 Å². The number of anilines is 2. The molecule has 5 rings (SSSR count). The monoisotopic (exact) mass is 441 g/mol. The molecule has 0 atom stereocenters. The predicted octanol–water partition coefficient (Wildman–Crippen LogP) is 4.06. The maximum absolute atomic E-state index is 12.3. The van der Waals surface area contributed by atoms with E-state index in [1.54, 1.807) is 12.4 Å². The lowest BCUT2D eigenvalue weighted by molar-refractivity contribution is -0.0528. The molecule has 11 heteroatoms. The van der Waals surface area contributed by atoms with Crippen LogP contribution in [0.5, 0.6) is 5.88 Å². The first-order valence-electron chi connectivity index (χ1n) is 10.2. The van der Waals surface area contributed by atoms with Crippen LogP contribution in [0.25, 0.3) is 11.2 Å². The molecule has 1 aliphatic carbocycles. The second kappa shape index (κ2) is 8.87. The van der Waals surface area contributed by atoms with Crippen molar-refractivity contribution in [1.82, 2.24) is 29.9 Å². The summed E-state index contributed by atoms with van der Waals surface area (Å²) in [6, 6.07) is 11.7. The Morgan fingerprint density at radius 1 is 1.19 bits per heavy atom. The Morgan fingerprint density at radius 3 is 2.84 bits per heavy atom. The topological polar surface area (TPSA) is 103 Å². The van der Waals surface area contributed by atoms with Crippen molar-refractivity contribution in [1.29, 1.82) is 0 Å². The third-order valence-corrected chi connectivity index (χ3v) is 5.35. The Labute approximate surface area is 181 Å². The van der Waals surface area contributed by atoms with Gasteiger partial charge in [0.15, 0.2) is 11.5 Å². The van der Waals surface area contributed by atoms with E-state index < -0.39 is 6.61 Å². The molecule has 2 N–H and O–H groups in total. The van der Waals surface area contributed by atoms with E-state index in [1.807, 2.05) is 22.9 Å². The number of benzene rings is 1. The summed E-state index contributed by atoms with van der Waals surface area (Å²) in [6.07, 6.45) is 5.15. The molecule has 4 aromatic rings. The fourth-order valence-electron chi connectivity index (χ4n) is 3.76. The summed E-state index contributed by atoms with van der Waals surface area (Å²) in [4.78, 5) is 8.97. The molecule has 3 heterocycles. The van der Waals surface area contributed by atoms with Crippen molar-refractivity contribution in [2.24, 2.45) is 5.92 Å². The Balaban J connectivity index is 1.19. The summed E-state index contributed by atoms with van der Waals surface area (Å²) in [5, 5.41) is 13.7. The molecule has 0 spiro atoms. The summed E-state index contributed by atoms with van der Waals surface area (Å²) in [6.45, 7) is -1.61. The van der Waals surface area contributed by atoms with Gasteiger partial charge in [0, 0.05) is 12.7 Å². The maximum atomic E-state index is 12.3. The standard InChI is InChI=1S/C21H21F2N7O2/c22-21(23)32-19-8-17(28-29-19)26-18-10-24-16-9-25-30(20(16)27-18)15-6-14(7-15)12-31-11-13-4-2-1-3-5-13/h1-5,8-10,14-15,21H,6-7,11-12H2,(H2,26,27,28,29). The van der Waals surface area contributed by atoms with Gasteiger partial charge < -0.3 is 14.8 Å². The number of alkyl halides is 2. The fraction of sp³-hybridized carbons (Fsp3) is 0.333. The highest BCUT2D eigenvalue weighted by molar-refractivity contribution is 5.72. The Morgan fingerprint density at radius 2 is 2.03 bits per heavy atom. The highest BCUT2D eigenvalue weighted by atomic mass is 19.3. The lowest BCUT2D eigenvalue weighted by atomic mass is 9.81. The van der Waals surface area contributed by atoms with Crippen LogP contribution < -0.4 is 10.1 Å². The molecule has 3 aromatic heterocycles. The van der Waals surface area contributed by atoms with E-state index in [1.165, 1.54) is 11.6 Å². The Hall–Kier alpha value is -3.60. The first kappa shape index (κ1) is 20.3. The van der Waals surface area contributed by atoms with Gasteiger partial charge in [-0.2, -0.15) is 13.9 Å². The Bertz CT molecular complexity index is 1180. The first-order chi connectivity index (χ1) is 15.6. The summed E-state index contributed by atoms with van der Waals surface area (Å²) < 4.78 is 36.6. The van der Waals surface area contributed by atoms with Crippen LogP contribution in [0.4, 0.5) is 20.4 Å². The number of rotatable bonds is 9. The molecular formula is C21H21F2N7O2. The van der Waals surface area contributed by atoms with Crippen LogP contribution in [0, 0.1) is 5.92 Å². The minimum atomic E-state index is -2.94. The average Bonchev–Trinajstić information content (AvgIpc) is 3.36. The second-order valence-corrected chi connectivity index (χ2v) is 7.67. The molecule has 0 saturated heterocycles. The number of aromatic nitrogens is 6. The van der Waals surface area contributed by atoms with E-state index in [9.17, 15) is 8.78 Å². The maximum Gasteiger partial charge on any atom is 0.388 e. The molecule has 1 saturated carbocycles. The number of nitrogens with one attached hydrogen (secondary N) is 2. The summed E-state index contributed by atoms with van der Waals surface area (Å²) >= 11 is 0. The molecule has 0 radical (unpaired) electrons. The van der Waals surface area contributed by atoms with Crippen LogP contribution >= 0.6 is 0 Å². The predicted molar refractivity (Wildman–Crippen MR) is 112 cm³/mol. The van der Waals surface area contributed by atoms with E-state index in [0.29, 0.717) is 41.9 Å².